The van der Waals surface area contributed by atoms with Gasteiger partial charge in [0.15, 0.2) is 5.06 Å². The number of rotatable bonds is 2. The average molecular weight is 165 g/mol. The average Bonchev–Trinajstić information content (AvgIpc) is 2.62. The lowest BCUT2D eigenvalue weighted by Gasteiger charge is -2.03. The lowest BCUT2D eigenvalue weighted by atomic mass is 10.4. The molecular weight excluding hydrogens is 156 g/mol. The number of ether oxygens (including phenoxy) is 2. The summed E-state index contributed by atoms with van der Waals surface area (Å²) in [7, 11) is 2.82. The van der Waals surface area contributed by atoms with Gasteiger partial charge in [-0.1, -0.05) is 11.6 Å². The largest absolute Gasteiger partial charge is 0.469 e. The maximum Gasteiger partial charge on any atom is 0.313 e. The van der Waals surface area contributed by atoms with Crippen LogP contribution in [0.15, 0.2) is 0 Å². The Morgan fingerprint density at radius 1 is 1.70 bits per heavy atom. The van der Waals surface area contributed by atoms with Crippen LogP contribution in [0.1, 0.15) is 6.42 Å². The molecule has 1 rings (SSSR count). The summed E-state index contributed by atoms with van der Waals surface area (Å²) in [4.78, 5) is 10.8. The van der Waals surface area contributed by atoms with Gasteiger partial charge in [0.2, 0.25) is 0 Å². The molecule has 0 saturated heterocycles. The molecule has 0 aromatic carbocycles. The molecule has 58 valence electrons. The number of carbonyl (C=O) groups is 1. The molecule has 1 fully saturated rings. The van der Waals surface area contributed by atoms with Gasteiger partial charge in [-0.25, -0.2) is 0 Å². The molecular formula is C6H9ClO3. The van der Waals surface area contributed by atoms with Gasteiger partial charge >= 0.3 is 5.97 Å². The molecule has 0 amide bonds. The zero-order valence-electron chi connectivity index (χ0n) is 5.89. The molecule has 0 spiro atoms. The maximum absolute atomic E-state index is 10.8. The number of alkyl halides is 1. The van der Waals surface area contributed by atoms with Crippen LogP contribution in [0.2, 0.25) is 0 Å². The van der Waals surface area contributed by atoms with Crippen molar-refractivity contribution in [2.24, 2.45) is 5.92 Å². The third kappa shape index (κ3) is 1.11. The van der Waals surface area contributed by atoms with Crippen molar-refractivity contribution in [2.75, 3.05) is 14.2 Å². The van der Waals surface area contributed by atoms with Crippen molar-refractivity contribution in [3.8, 4) is 0 Å². The molecule has 10 heavy (non-hydrogen) atoms. The van der Waals surface area contributed by atoms with Crippen molar-refractivity contribution >= 4 is 17.6 Å². The van der Waals surface area contributed by atoms with Gasteiger partial charge in [0.25, 0.3) is 0 Å². The second-order valence-corrected chi connectivity index (χ2v) is 2.91. The molecule has 3 nitrogen and oxygen atoms in total. The van der Waals surface area contributed by atoms with Gasteiger partial charge in [-0.3, -0.25) is 4.79 Å². The van der Waals surface area contributed by atoms with Crippen LogP contribution in [0.3, 0.4) is 0 Å². The van der Waals surface area contributed by atoms with Gasteiger partial charge in [0, 0.05) is 13.5 Å². The summed E-state index contributed by atoms with van der Waals surface area (Å²) in [5, 5.41) is -0.771. The first-order valence-electron chi connectivity index (χ1n) is 2.96. The Kier molecular flexibility index (Phi) is 1.88. The minimum atomic E-state index is -0.771. The smallest absolute Gasteiger partial charge is 0.313 e. The minimum absolute atomic E-state index is 0.274. The summed E-state index contributed by atoms with van der Waals surface area (Å²) in [5.41, 5.74) is 0. The number of methoxy groups -OCH3 is 2. The number of hydrogen-bond acceptors (Lipinski definition) is 3. The molecule has 0 heterocycles. The normalized spacial score (nSPS) is 37.3. The van der Waals surface area contributed by atoms with Crippen molar-refractivity contribution in [3.05, 3.63) is 0 Å². The quantitative estimate of drug-likeness (QED) is 0.447. The van der Waals surface area contributed by atoms with E-state index in [-0.39, 0.29) is 11.9 Å². The maximum atomic E-state index is 10.8. The molecule has 0 aliphatic heterocycles. The van der Waals surface area contributed by atoms with E-state index in [1.807, 2.05) is 0 Å². The molecule has 0 radical (unpaired) electrons. The Labute approximate surface area is 64.3 Å². The molecule has 1 saturated carbocycles. The first kappa shape index (κ1) is 7.82. The Morgan fingerprint density at radius 2 is 2.30 bits per heavy atom. The first-order chi connectivity index (χ1) is 4.64. The predicted molar refractivity (Wildman–Crippen MR) is 35.7 cm³/mol. The number of halogens is 1. The second-order valence-electron chi connectivity index (χ2n) is 2.27. The van der Waals surface area contributed by atoms with Crippen LogP contribution in [0, 0.1) is 5.92 Å². The fraction of sp³-hybridized carbons (Fsp3) is 0.833. The predicted octanol–water partition coefficient (Wildman–Crippen LogP) is 0.761. The van der Waals surface area contributed by atoms with Crippen molar-refractivity contribution in [2.45, 2.75) is 11.5 Å². The molecule has 0 aromatic rings. The summed E-state index contributed by atoms with van der Waals surface area (Å²) < 4.78 is 9.32. The monoisotopic (exact) mass is 164 g/mol. The Balaban J connectivity index is 2.44. The van der Waals surface area contributed by atoms with Gasteiger partial charge in [0.1, 0.15) is 5.92 Å². The molecule has 1 aliphatic rings. The van der Waals surface area contributed by atoms with Gasteiger partial charge in [-0.2, -0.15) is 0 Å². The van der Waals surface area contributed by atoms with Crippen LogP contribution in [0.5, 0.6) is 0 Å². The van der Waals surface area contributed by atoms with Gasteiger partial charge < -0.3 is 9.47 Å². The molecule has 1 aliphatic carbocycles. The minimum Gasteiger partial charge on any atom is -0.469 e. The van der Waals surface area contributed by atoms with Crippen LogP contribution < -0.4 is 0 Å². The lowest BCUT2D eigenvalue weighted by Crippen LogP contribution is -2.13. The standard InChI is InChI=1S/C6H9ClO3/c1-9-5(8)4-3-6(4,7)10-2/h4H,3H2,1-2H3/t4-,6+/m0/s1. The van der Waals surface area contributed by atoms with E-state index in [9.17, 15) is 4.79 Å². The third-order valence-corrected chi connectivity index (χ3v) is 2.24. The summed E-state index contributed by atoms with van der Waals surface area (Å²) in [5.74, 6) is -0.569. The first-order valence-corrected chi connectivity index (χ1v) is 3.33. The van der Waals surface area contributed by atoms with Crippen molar-refractivity contribution < 1.29 is 14.3 Å². The van der Waals surface area contributed by atoms with Crippen LogP contribution in [0.25, 0.3) is 0 Å². The van der Waals surface area contributed by atoms with E-state index in [0.29, 0.717) is 6.42 Å². The van der Waals surface area contributed by atoms with E-state index in [1.165, 1.54) is 14.2 Å². The summed E-state index contributed by atoms with van der Waals surface area (Å²) in [6, 6.07) is 0. The van der Waals surface area contributed by atoms with Gasteiger partial charge in [0.05, 0.1) is 7.11 Å². The number of esters is 1. The third-order valence-electron chi connectivity index (χ3n) is 1.67. The molecule has 0 aromatic heterocycles. The molecule has 0 N–H and O–H groups in total. The van der Waals surface area contributed by atoms with Crippen LogP contribution in [-0.2, 0) is 14.3 Å². The summed E-state index contributed by atoms with van der Waals surface area (Å²) >= 11 is 5.75. The van der Waals surface area contributed by atoms with Crippen LogP contribution >= 0.6 is 11.6 Å². The Hall–Kier alpha value is -0.280. The van der Waals surface area contributed by atoms with Crippen molar-refractivity contribution in [1.29, 1.82) is 0 Å². The van der Waals surface area contributed by atoms with Gasteiger partial charge in [-0.05, 0) is 0 Å². The fourth-order valence-corrected chi connectivity index (χ4v) is 1.09. The van der Waals surface area contributed by atoms with E-state index in [2.05, 4.69) is 4.74 Å². The summed E-state index contributed by atoms with van der Waals surface area (Å²) in [6.45, 7) is 0. The van der Waals surface area contributed by atoms with Crippen molar-refractivity contribution in [1.82, 2.24) is 0 Å². The van der Waals surface area contributed by atoms with E-state index in [1.54, 1.807) is 0 Å². The molecule has 2 atom stereocenters. The number of carbonyl (C=O) groups excluding carboxylic acids is 1. The topological polar surface area (TPSA) is 35.5 Å². The van der Waals surface area contributed by atoms with Crippen LogP contribution in [0.4, 0.5) is 0 Å². The highest BCUT2D eigenvalue weighted by Gasteiger charge is 2.59. The SMILES string of the molecule is COC(=O)[C@@H]1C[C@@]1(Cl)OC. The van der Waals surface area contributed by atoms with Crippen molar-refractivity contribution in [3.63, 3.8) is 0 Å². The highest BCUT2D eigenvalue weighted by molar-refractivity contribution is 6.27. The highest BCUT2D eigenvalue weighted by Crippen LogP contribution is 2.50. The lowest BCUT2D eigenvalue weighted by molar-refractivity contribution is -0.143. The summed E-state index contributed by atoms with van der Waals surface area (Å²) in [6.07, 6.45) is 0.553. The van der Waals surface area contributed by atoms with E-state index in [4.69, 9.17) is 16.3 Å². The Bertz CT molecular complexity index is 159. The second kappa shape index (κ2) is 2.40. The molecule has 4 heteroatoms. The van der Waals surface area contributed by atoms with E-state index < -0.39 is 5.06 Å². The zero-order chi connectivity index (χ0) is 7.78. The molecule has 0 bridgehead atoms. The Morgan fingerprint density at radius 3 is 2.60 bits per heavy atom. The molecule has 0 unspecified atom stereocenters. The number of hydrogen-bond donors (Lipinski definition) is 0. The van der Waals surface area contributed by atoms with Gasteiger partial charge in [-0.15, -0.1) is 0 Å². The highest BCUT2D eigenvalue weighted by atomic mass is 35.5. The van der Waals surface area contributed by atoms with E-state index in [0.717, 1.165) is 0 Å². The van der Waals surface area contributed by atoms with Crippen LogP contribution in [-0.4, -0.2) is 25.2 Å². The zero-order valence-corrected chi connectivity index (χ0v) is 6.64. The van der Waals surface area contributed by atoms with E-state index >= 15 is 0 Å². The fourth-order valence-electron chi connectivity index (χ4n) is 0.847.